The first-order valence-corrected chi connectivity index (χ1v) is 11.6. The molecule has 0 aromatic heterocycles. The van der Waals surface area contributed by atoms with Gasteiger partial charge in [0.05, 0.1) is 5.56 Å². The quantitative estimate of drug-likeness (QED) is 0.441. The fourth-order valence-electron chi connectivity index (χ4n) is 4.81. The van der Waals surface area contributed by atoms with E-state index in [0.29, 0.717) is 11.5 Å². The summed E-state index contributed by atoms with van der Waals surface area (Å²) in [5, 5.41) is 9.68. The summed E-state index contributed by atoms with van der Waals surface area (Å²) >= 11 is 0. The molecule has 3 rings (SSSR count). The Kier molecular flexibility index (Phi) is 7.91. The number of hydrogen-bond donors (Lipinski definition) is 1. The molecule has 156 valence electrons. The Morgan fingerprint density at radius 1 is 0.931 bits per heavy atom. The molecule has 1 saturated carbocycles. The summed E-state index contributed by atoms with van der Waals surface area (Å²) in [6.07, 6.45) is 12.9. The highest BCUT2D eigenvalue weighted by molar-refractivity contribution is 5.96. The van der Waals surface area contributed by atoms with E-state index < -0.39 is 5.97 Å². The molecule has 0 bridgehead atoms. The lowest BCUT2D eigenvalue weighted by molar-refractivity contribution is 0.0697. The van der Waals surface area contributed by atoms with E-state index in [2.05, 4.69) is 50.2 Å². The van der Waals surface area contributed by atoms with Crippen LogP contribution < -0.4 is 0 Å². The summed E-state index contributed by atoms with van der Waals surface area (Å²) in [6.45, 7) is 4.41. The minimum atomic E-state index is -0.845. The number of benzene rings is 2. The van der Waals surface area contributed by atoms with Gasteiger partial charge in [-0.1, -0.05) is 82.3 Å². The lowest BCUT2D eigenvalue weighted by Gasteiger charge is -2.29. The summed E-state index contributed by atoms with van der Waals surface area (Å²) in [7, 11) is 0. The number of carboxylic acids is 1. The molecule has 2 aromatic carbocycles. The zero-order valence-corrected chi connectivity index (χ0v) is 18.1. The first-order valence-electron chi connectivity index (χ1n) is 11.6. The van der Waals surface area contributed by atoms with Crippen LogP contribution in [0.5, 0.6) is 0 Å². The second-order valence-electron chi connectivity index (χ2n) is 8.73. The van der Waals surface area contributed by atoms with E-state index in [0.717, 1.165) is 23.5 Å². The van der Waals surface area contributed by atoms with E-state index in [1.807, 2.05) is 6.07 Å². The number of aromatic carboxylic acids is 1. The fraction of sp³-hybridized carbons (Fsp3) is 0.519. The molecule has 0 unspecified atom stereocenters. The van der Waals surface area contributed by atoms with Crippen LogP contribution in [-0.2, 0) is 6.42 Å². The largest absolute Gasteiger partial charge is 0.478 e. The van der Waals surface area contributed by atoms with Gasteiger partial charge in [0.1, 0.15) is 0 Å². The zero-order chi connectivity index (χ0) is 20.6. The molecule has 29 heavy (non-hydrogen) atoms. The van der Waals surface area contributed by atoms with Crippen molar-refractivity contribution in [3.05, 3.63) is 59.2 Å². The van der Waals surface area contributed by atoms with Gasteiger partial charge >= 0.3 is 5.97 Å². The van der Waals surface area contributed by atoms with Crippen molar-refractivity contribution in [1.82, 2.24) is 0 Å². The van der Waals surface area contributed by atoms with Gasteiger partial charge < -0.3 is 5.11 Å². The molecule has 2 heteroatoms. The Morgan fingerprint density at radius 3 is 2.28 bits per heavy atom. The fourth-order valence-corrected chi connectivity index (χ4v) is 4.81. The van der Waals surface area contributed by atoms with E-state index in [1.165, 1.54) is 68.9 Å². The molecular weight excluding hydrogens is 356 g/mol. The molecule has 1 N–H and O–H groups in total. The lowest BCUT2D eigenvalue weighted by Crippen LogP contribution is -2.14. The van der Waals surface area contributed by atoms with Crippen LogP contribution in [0.1, 0.15) is 99.0 Å². The summed E-state index contributed by atoms with van der Waals surface area (Å²) in [6, 6.07) is 14.4. The Hall–Kier alpha value is -2.09. The van der Waals surface area contributed by atoms with Gasteiger partial charge in [0.25, 0.3) is 0 Å². The predicted octanol–water partition coefficient (Wildman–Crippen LogP) is 7.86. The maximum atomic E-state index is 11.8. The second-order valence-corrected chi connectivity index (χ2v) is 8.73. The molecule has 1 aliphatic carbocycles. The number of carboxylic acid groups (broad SMARTS) is 1. The number of rotatable bonds is 9. The van der Waals surface area contributed by atoms with Crippen molar-refractivity contribution >= 4 is 5.97 Å². The third-order valence-electron chi connectivity index (χ3n) is 6.73. The molecular formula is C27H36O2. The average Bonchev–Trinajstić information content (AvgIpc) is 2.77. The van der Waals surface area contributed by atoms with E-state index >= 15 is 0 Å². The molecule has 0 heterocycles. The van der Waals surface area contributed by atoms with Crippen molar-refractivity contribution in [2.24, 2.45) is 5.92 Å². The van der Waals surface area contributed by atoms with Crippen LogP contribution in [-0.4, -0.2) is 11.1 Å². The molecule has 1 aliphatic rings. The standard InChI is InChI=1S/C27H36O2/c1-3-5-6-7-8-21-11-13-22(14-12-21)24-17-18-25(27(28)29)26(19-24)23-15-9-20(4-2)10-16-23/h9-10,15-19,21-22H,3-8,11-14H2,1-2H3,(H,28,29). The second kappa shape index (κ2) is 10.6. The number of aryl methyl sites for hydroxylation is 1. The number of hydrogen-bond acceptors (Lipinski definition) is 1. The van der Waals surface area contributed by atoms with Crippen LogP contribution in [0.25, 0.3) is 11.1 Å². The third-order valence-corrected chi connectivity index (χ3v) is 6.73. The highest BCUT2D eigenvalue weighted by atomic mass is 16.4. The van der Waals surface area contributed by atoms with Crippen LogP contribution in [0.15, 0.2) is 42.5 Å². The molecule has 0 spiro atoms. The SMILES string of the molecule is CCCCCCC1CCC(c2ccc(C(=O)O)c(-c3ccc(CC)cc3)c2)CC1. The zero-order valence-electron chi connectivity index (χ0n) is 18.1. The minimum Gasteiger partial charge on any atom is -0.478 e. The Morgan fingerprint density at radius 2 is 1.66 bits per heavy atom. The van der Waals surface area contributed by atoms with Gasteiger partial charge in [-0.25, -0.2) is 4.79 Å². The molecule has 2 aromatic rings. The van der Waals surface area contributed by atoms with Crippen molar-refractivity contribution in [2.75, 3.05) is 0 Å². The van der Waals surface area contributed by atoms with Crippen LogP contribution in [0.3, 0.4) is 0 Å². The Bertz CT molecular complexity index is 783. The molecule has 0 aliphatic heterocycles. The first kappa shape index (κ1) is 21.6. The van der Waals surface area contributed by atoms with Gasteiger partial charge in [-0.2, -0.15) is 0 Å². The predicted molar refractivity (Wildman–Crippen MR) is 122 cm³/mol. The van der Waals surface area contributed by atoms with E-state index in [9.17, 15) is 9.90 Å². The summed E-state index contributed by atoms with van der Waals surface area (Å²) < 4.78 is 0. The van der Waals surface area contributed by atoms with Gasteiger partial charge in [-0.05, 0) is 72.3 Å². The van der Waals surface area contributed by atoms with Gasteiger partial charge in [0.15, 0.2) is 0 Å². The molecule has 0 atom stereocenters. The highest BCUT2D eigenvalue weighted by Gasteiger charge is 2.23. The maximum Gasteiger partial charge on any atom is 0.336 e. The van der Waals surface area contributed by atoms with Crippen molar-refractivity contribution in [1.29, 1.82) is 0 Å². The molecule has 2 nitrogen and oxygen atoms in total. The average molecular weight is 393 g/mol. The van der Waals surface area contributed by atoms with Crippen LogP contribution >= 0.6 is 0 Å². The number of carbonyl (C=O) groups is 1. The third kappa shape index (κ3) is 5.72. The Labute approximate surface area is 176 Å². The van der Waals surface area contributed by atoms with Crippen molar-refractivity contribution in [3.8, 4) is 11.1 Å². The normalized spacial score (nSPS) is 19.2. The van der Waals surface area contributed by atoms with Gasteiger partial charge in [0, 0.05) is 0 Å². The molecule has 0 radical (unpaired) electrons. The first-order chi connectivity index (χ1) is 14.1. The van der Waals surface area contributed by atoms with Crippen molar-refractivity contribution in [3.63, 3.8) is 0 Å². The highest BCUT2D eigenvalue weighted by Crippen LogP contribution is 2.39. The van der Waals surface area contributed by atoms with Gasteiger partial charge in [0.2, 0.25) is 0 Å². The molecule has 0 saturated heterocycles. The van der Waals surface area contributed by atoms with Crippen LogP contribution in [0, 0.1) is 5.92 Å². The van der Waals surface area contributed by atoms with Crippen LogP contribution in [0.2, 0.25) is 0 Å². The summed E-state index contributed by atoms with van der Waals surface area (Å²) in [5.74, 6) is 0.614. The van der Waals surface area contributed by atoms with E-state index in [-0.39, 0.29) is 0 Å². The van der Waals surface area contributed by atoms with E-state index in [1.54, 1.807) is 0 Å². The van der Waals surface area contributed by atoms with Gasteiger partial charge in [-0.15, -0.1) is 0 Å². The van der Waals surface area contributed by atoms with Crippen LogP contribution in [0.4, 0.5) is 0 Å². The summed E-state index contributed by atoms with van der Waals surface area (Å²) in [4.78, 5) is 11.8. The summed E-state index contributed by atoms with van der Waals surface area (Å²) in [5.41, 5.74) is 4.86. The Balaban J connectivity index is 1.71. The molecule has 1 fully saturated rings. The van der Waals surface area contributed by atoms with E-state index in [4.69, 9.17) is 0 Å². The number of unbranched alkanes of at least 4 members (excludes halogenated alkanes) is 3. The molecule has 0 amide bonds. The topological polar surface area (TPSA) is 37.3 Å². The van der Waals surface area contributed by atoms with Crippen molar-refractivity contribution in [2.45, 2.75) is 84.0 Å². The maximum absolute atomic E-state index is 11.8. The van der Waals surface area contributed by atoms with Crippen molar-refractivity contribution < 1.29 is 9.90 Å². The monoisotopic (exact) mass is 392 g/mol. The lowest BCUT2D eigenvalue weighted by atomic mass is 9.76. The smallest absolute Gasteiger partial charge is 0.336 e. The minimum absolute atomic E-state index is 0.405. The van der Waals surface area contributed by atoms with Gasteiger partial charge in [-0.3, -0.25) is 0 Å².